The molecular weight excluding hydrogens is 262 g/mol. The first-order chi connectivity index (χ1) is 8.97. The molecular formula is C13H9F4NO. The van der Waals surface area contributed by atoms with Crippen LogP contribution in [0.4, 0.5) is 23.2 Å². The van der Waals surface area contributed by atoms with Crippen molar-refractivity contribution < 1.29 is 22.3 Å². The number of nitrogens with two attached hydrogens (primary N) is 1. The normalized spacial score (nSPS) is 10.6. The van der Waals surface area contributed by atoms with Crippen molar-refractivity contribution in [3.8, 4) is 16.9 Å². The first-order valence-corrected chi connectivity index (χ1v) is 5.23. The van der Waals surface area contributed by atoms with Gasteiger partial charge in [0.1, 0.15) is 11.4 Å². The Morgan fingerprint density at radius 2 is 1.53 bits per heavy atom. The maximum Gasteiger partial charge on any atom is 0.185 e. The van der Waals surface area contributed by atoms with Gasteiger partial charge in [0.25, 0.3) is 0 Å². The number of halogens is 4. The number of nitrogen functional groups attached to an aromatic ring is 1. The van der Waals surface area contributed by atoms with Crippen LogP contribution in [0.3, 0.4) is 0 Å². The van der Waals surface area contributed by atoms with Crippen molar-refractivity contribution in [3.05, 3.63) is 47.5 Å². The lowest BCUT2D eigenvalue weighted by molar-refractivity contribution is 0.415. The second kappa shape index (κ2) is 4.79. The molecule has 0 heterocycles. The van der Waals surface area contributed by atoms with Crippen LogP contribution in [-0.4, -0.2) is 7.11 Å². The highest BCUT2D eigenvalue weighted by Gasteiger charge is 2.24. The molecule has 0 unspecified atom stereocenters. The van der Waals surface area contributed by atoms with Crippen LogP contribution in [0.5, 0.6) is 5.75 Å². The summed E-state index contributed by atoms with van der Waals surface area (Å²) in [5, 5.41) is 0. The molecule has 0 saturated carbocycles. The molecule has 2 nitrogen and oxygen atoms in total. The van der Waals surface area contributed by atoms with Gasteiger partial charge >= 0.3 is 0 Å². The summed E-state index contributed by atoms with van der Waals surface area (Å²) in [7, 11) is 1.36. The van der Waals surface area contributed by atoms with Crippen molar-refractivity contribution in [1.29, 1.82) is 0 Å². The van der Waals surface area contributed by atoms with Gasteiger partial charge in [-0.25, -0.2) is 17.6 Å². The van der Waals surface area contributed by atoms with Gasteiger partial charge in [-0.3, -0.25) is 0 Å². The number of ether oxygens (including phenoxy) is 1. The average molecular weight is 271 g/mol. The van der Waals surface area contributed by atoms with Crippen molar-refractivity contribution >= 4 is 5.69 Å². The van der Waals surface area contributed by atoms with Crippen molar-refractivity contribution in [2.75, 3.05) is 12.8 Å². The third kappa shape index (κ3) is 2.09. The fourth-order valence-corrected chi connectivity index (χ4v) is 1.68. The standard InChI is InChI=1S/C13H9F4NO/c1-19-7-4-2-3-6(5-7)8-9(14)11(16)13(18)12(17)10(8)15/h2-5H,18H2,1H3. The molecule has 0 fully saturated rings. The lowest BCUT2D eigenvalue weighted by atomic mass is 10.0. The van der Waals surface area contributed by atoms with Crippen molar-refractivity contribution in [3.63, 3.8) is 0 Å². The van der Waals surface area contributed by atoms with E-state index in [1.54, 1.807) is 0 Å². The van der Waals surface area contributed by atoms with Crippen LogP contribution in [0.2, 0.25) is 0 Å². The van der Waals surface area contributed by atoms with Gasteiger partial charge in [-0.15, -0.1) is 0 Å². The number of rotatable bonds is 2. The molecule has 0 atom stereocenters. The summed E-state index contributed by atoms with van der Waals surface area (Å²) in [4.78, 5) is 0. The third-order valence-electron chi connectivity index (χ3n) is 2.66. The summed E-state index contributed by atoms with van der Waals surface area (Å²) in [5.74, 6) is -6.00. The molecule has 19 heavy (non-hydrogen) atoms. The lowest BCUT2D eigenvalue weighted by Crippen LogP contribution is -2.05. The van der Waals surface area contributed by atoms with E-state index < -0.39 is 34.5 Å². The maximum atomic E-state index is 13.7. The molecule has 0 amide bonds. The van der Waals surface area contributed by atoms with E-state index in [1.165, 1.54) is 31.4 Å². The molecule has 0 aromatic heterocycles. The SMILES string of the molecule is COc1cccc(-c2c(F)c(F)c(N)c(F)c2F)c1. The van der Waals surface area contributed by atoms with Crippen molar-refractivity contribution in [1.82, 2.24) is 0 Å². The predicted molar refractivity (Wildman–Crippen MR) is 62.7 cm³/mol. The highest BCUT2D eigenvalue weighted by atomic mass is 19.2. The van der Waals surface area contributed by atoms with E-state index in [0.29, 0.717) is 5.75 Å². The molecule has 2 aromatic rings. The van der Waals surface area contributed by atoms with E-state index in [4.69, 9.17) is 10.5 Å². The molecule has 0 aliphatic carbocycles. The summed E-state index contributed by atoms with van der Waals surface area (Å²) in [6.45, 7) is 0. The zero-order chi connectivity index (χ0) is 14.2. The number of methoxy groups -OCH3 is 1. The highest BCUT2D eigenvalue weighted by molar-refractivity contribution is 5.69. The fourth-order valence-electron chi connectivity index (χ4n) is 1.68. The zero-order valence-electron chi connectivity index (χ0n) is 9.81. The Bertz CT molecular complexity index is 614. The molecule has 0 bridgehead atoms. The zero-order valence-corrected chi connectivity index (χ0v) is 9.81. The maximum absolute atomic E-state index is 13.7. The second-order valence-corrected chi connectivity index (χ2v) is 3.78. The molecule has 2 rings (SSSR count). The van der Waals surface area contributed by atoms with Crippen LogP contribution in [0.1, 0.15) is 0 Å². The predicted octanol–water partition coefficient (Wildman–Crippen LogP) is 3.50. The van der Waals surface area contributed by atoms with Gasteiger partial charge in [-0.05, 0) is 17.7 Å². The Hall–Kier alpha value is -2.24. The Morgan fingerprint density at radius 1 is 0.947 bits per heavy atom. The van der Waals surface area contributed by atoms with Crippen LogP contribution >= 0.6 is 0 Å². The minimum absolute atomic E-state index is 0.0489. The van der Waals surface area contributed by atoms with E-state index in [9.17, 15) is 17.6 Å². The quantitative estimate of drug-likeness (QED) is 0.515. The molecule has 0 aliphatic rings. The molecule has 0 spiro atoms. The van der Waals surface area contributed by atoms with E-state index >= 15 is 0 Å². The minimum atomic E-state index is -1.61. The van der Waals surface area contributed by atoms with E-state index in [0.717, 1.165) is 0 Å². The Balaban J connectivity index is 2.75. The molecule has 2 N–H and O–H groups in total. The average Bonchev–Trinajstić information content (AvgIpc) is 2.43. The van der Waals surface area contributed by atoms with Gasteiger partial charge in [0.05, 0.1) is 12.7 Å². The van der Waals surface area contributed by atoms with Crippen molar-refractivity contribution in [2.45, 2.75) is 0 Å². The van der Waals surface area contributed by atoms with Crippen LogP contribution < -0.4 is 10.5 Å². The van der Waals surface area contributed by atoms with Crippen LogP contribution in [0, 0.1) is 23.3 Å². The molecule has 2 aromatic carbocycles. The lowest BCUT2D eigenvalue weighted by Gasteiger charge is -2.10. The van der Waals surface area contributed by atoms with Crippen LogP contribution in [-0.2, 0) is 0 Å². The Labute approximate surface area is 106 Å². The molecule has 0 saturated heterocycles. The van der Waals surface area contributed by atoms with E-state index in [1.807, 2.05) is 0 Å². The van der Waals surface area contributed by atoms with Gasteiger partial charge in [0.2, 0.25) is 0 Å². The summed E-state index contributed by atoms with van der Waals surface area (Å²) in [6.07, 6.45) is 0. The number of benzene rings is 2. The second-order valence-electron chi connectivity index (χ2n) is 3.78. The van der Waals surface area contributed by atoms with Gasteiger partial charge < -0.3 is 10.5 Å². The summed E-state index contributed by atoms with van der Waals surface area (Å²) in [5.41, 5.74) is 2.89. The first kappa shape index (κ1) is 13.2. The summed E-state index contributed by atoms with van der Waals surface area (Å²) in [6, 6.07) is 5.54. The number of hydrogen-bond acceptors (Lipinski definition) is 2. The summed E-state index contributed by atoms with van der Waals surface area (Å²) < 4.78 is 59.1. The van der Waals surface area contributed by atoms with E-state index in [-0.39, 0.29) is 5.56 Å². The van der Waals surface area contributed by atoms with Crippen LogP contribution in [0.25, 0.3) is 11.1 Å². The van der Waals surface area contributed by atoms with Crippen molar-refractivity contribution in [2.24, 2.45) is 0 Å². The fraction of sp³-hybridized carbons (Fsp3) is 0.0769. The smallest absolute Gasteiger partial charge is 0.185 e. The summed E-state index contributed by atoms with van der Waals surface area (Å²) >= 11 is 0. The molecule has 100 valence electrons. The minimum Gasteiger partial charge on any atom is -0.497 e. The van der Waals surface area contributed by atoms with Gasteiger partial charge in [0, 0.05) is 0 Å². The first-order valence-electron chi connectivity index (χ1n) is 5.23. The van der Waals surface area contributed by atoms with Gasteiger partial charge in [0.15, 0.2) is 23.3 Å². The van der Waals surface area contributed by atoms with Gasteiger partial charge in [-0.1, -0.05) is 12.1 Å². The van der Waals surface area contributed by atoms with E-state index in [2.05, 4.69) is 0 Å². The van der Waals surface area contributed by atoms with Crippen LogP contribution in [0.15, 0.2) is 24.3 Å². The van der Waals surface area contributed by atoms with Gasteiger partial charge in [-0.2, -0.15) is 0 Å². The monoisotopic (exact) mass is 271 g/mol. The molecule has 0 radical (unpaired) electrons. The molecule has 6 heteroatoms. The Morgan fingerprint density at radius 3 is 2.05 bits per heavy atom. The number of hydrogen-bond donors (Lipinski definition) is 1. The third-order valence-corrected chi connectivity index (χ3v) is 2.66. The Kier molecular flexibility index (Phi) is 3.33. The largest absolute Gasteiger partial charge is 0.497 e. The number of anilines is 1. The topological polar surface area (TPSA) is 35.2 Å². The molecule has 0 aliphatic heterocycles. The highest BCUT2D eigenvalue weighted by Crippen LogP contribution is 2.34.